The summed E-state index contributed by atoms with van der Waals surface area (Å²) >= 11 is 0. The molecule has 0 bridgehead atoms. The topological polar surface area (TPSA) is 63.5 Å². The molecule has 5 nitrogen and oxygen atoms in total. The predicted molar refractivity (Wildman–Crippen MR) is 59.9 cm³/mol. The molecule has 1 aromatic carbocycles. The van der Waals surface area contributed by atoms with Crippen LogP contribution in [-0.4, -0.2) is 26.6 Å². The SMILES string of the molecule is N#CC1(CNc2ccc3c(c2)OCO3)COC1. The summed E-state index contributed by atoms with van der Waals surface area (Å²) in [6.45, 7) is 1.86. The van der Waals surface area contributed by atoms with Crippen LogP contribution < -0.4 is 14.8 Å². The van der Waals surface area contributed by atoms with Gasteiger partial charge in [-0.25, -0.2) is 0 Å². The van der Waals surface area contributed by atoms with Gasteiger partial charge >= 0.3 is 0 Å². The van der Waals surface area contributed by atoms with Crippen molar-refractivity contribution in [2.24, 2.45) is 5.41 Å². The normalized spacial score (nSPS) is 19.2. The minimum absolute atomic E-state index is 0.273. The van der Waals surface area contributed by atoms with E-state index < -0.39 is 0 Å². The number of hydrogen-bond acceptors (Lipinski definition) is 5. The highest BCUT2D eigenvalue weighted by Gasteiger charge is 2.38. The molecule has 0 atom stereocenters. The summed E-state index contributed by atoms with van der Waals surface area (Å²) in [4.78, 5) is 0. The second kappa shape index (κ2) is 3.82. The molecule has 1 saturated heterocycles. The van der Waals surface area contributed by atoms with Crippen molar-refractivity contribution in [2.75, 3.05) is 31.9 Å². The van der Waals surface area contributed by atoms with E-state index in [0.29, 0.717) is 19.8 Å². The summed E-state index contributed by atoms with van der Waals surface area (Å²) in [5.41, 5.74) is 0.548. The Balaban J connectivity index is 1.68. The van der Waals surface area contributed by atoms with Gasteiger partial charge in [0.15, 0.2) is 11.5 Å². The van der Waals surface area contributed by atoms with E-state index in [1.807, 2.05) is 18.2 Å². The number of fused-ring (bicyclic) bond motifs is 1. The Bertz CT molecular complexity index is 477. The van der Waals surface area contributed by atoms with Gasteiger partial charge in [-0.2, -0.15) is 5.26 Å². The summed E-state index contributed by atoms with van der Waals surface area (Å²) in [6, 6.07) is 7.95. The molecule has 0 spiro atoms. The van der Waals surface area contributed by atoms with Crippen LogP contribution in [0.2, 0.25) is 0 Å². The zero-order chi connectivity index (χ0) is 11.7. The smallest absolute Gasteiger partial charge is 0.231 e. The molecule has 3 rings (SSSR count). The summed E-state index contributed by atoms with van der Waals surface area (Å²) in [5.74, 6) is 1.50. The predicted octanol–water partition coefficient (Wildman–Crippen LogP) is 1.37. The van der Waals surface area contributed by atoms with Gasteiger partial charge in [0.05, 0.1) is 19.3 Å². The van der Waals surface area contributed by atoms with Crippen molar-refractivity contribution in [1.82, 2.24) is 0 Å². The van der Waals surface area contributed by atoms with Crippen molar-refractivity contribution in [1.29, 1.82) is 5.26 Å². The lowest BCUT2D eigenvalue weighted by molar-refractivity contribution is -0.0690. The van der Waals surface area contributed by atoms with Crippen LogP contribution in [0.5, 0.6) is 11.5 Å². The molecule has 0 unspecified atom stereocenters. The lowest BCUT2D eigenvalue weighted by atomic mass is 9.88. The minimum atomic E-state index is -0.379. The standard InChI is InChI=1S/C12H12N2O3/c13-4-12(6-15-7-12)5-14-9-1-2-10-11(3-9)17-8-16-10/h1-3,14H,5-8H2. The van der Waals surface area contributed by atoms with Crippen LogP contribution in [0.3, 0.4) is 0 Å². The molecule has 2 heterocycles. The molecule has 0 aliphatic carbocycles. The van der Waals surface area contributed by atoms with Crippen molar-refractivity contribution in [2.45, 2.75) is 0 Å². The zero-order valence-electron chi connectivity index (χ0n) is 9.23. The Labute approximate surface area is 98.9 Å². The number of hydrogen-bond donors (Lipinski definition) is 1. The number of benzene rings is 1. The van der Waals surface area contributed by atoms with Crippen LogP contribution in [-0.2, 0) is 4.74 Å². The van der Waals surface area contributed by atoms with E-state index in [-0.39, 0.29) is 12.2 Å². The van der Waals surface area contributed by atoms with Crippen molar-refractivity contribution >= 4 is 5.69 Å². The first kappa shape index (κ1) is 10.2. The molecule has 17 heavy (non-hydrogen) atoms. The van der Waals surface area contributed by atoms with Gasteiger partial charge in [-0.1, -0.05) is 0 Å². The Morgan fingerprint density at radius 2 is 2.12 bits per heavy atom. The van der Waals surface area contributed by atoms with Crippen molar-refractivity contribution in [3.8, 4) is 17.6 Å². The number of anilines is 1. The zero-order valence-corrected chi connectivity index (χ0v) is 9.23. The largest absolute Gasteiger partial charge is 0.454 e. The molecule has 5 heteroatoms. The fourth-order valence-electron chi connectivity index (χ4n) is 1.83. The van der Waals surface area contributed by atoms with E-state index in [4.69, 9.17) is 19.5 Å². The lowest BCUT2D eigenvalue weighted by Crippen LogP contribution is -2.46. The average molecular weight is 232 g/mol. The first-order valence-electron chi connectivity index (χ1n) is 5.44. The molecular formula is C12H12N2O3. The molecule has 2 aliphatic heterocycles. The van der Waals surface area contributed by atoms with E-state index in [2.05, 4.69) is 11.4 Å². The highest BCUT2D eigenvalue weighted by molar-refractivity contribution is 5.55. The Morgan fingerprint density at radius 3 is 2.82 bits per heavy atom. The summed E-state index contributed by atoms with van der Waals surface area (Å²) < 4.78 is 15.6. The van der Waals surface area contributed by atoms with Gasteiger partial charge in [0.2, 0.25) is 6.79 Å². The van der Waals surface area contributed by atoms with E-state index in [0.717, 1.165) is 17.2 Å². The summed E-state index contributed by atoms with van der Waals surface area (Å²) in [7, 11) is 0. The van der Waals surface area contributed by atoms with Crippen LogP contribution >= 0.6 is 0 Å². The highest BCUT2D eigenvalue weighted by atomic mass is 16.7. The molecule has 0 aromatic heterocycles. The van der Waals surface area contributed by atoms with Gasteiger partial charge in [-0.3, -0.25) is 0 Å². The van der Waals surface area contributed by atoms with E-state index in [1.54, 1.807) is 0 Å². The number of nitrogens with one attached hydrogen (secondary N) is 1. The van der Waals surface area contributed by atoms with E-state index in [9.17, 15) is 0 Å². The number of nitrogens with zero attached hydrogens (tertiary/aromatic N) is 1. The average Bonchev–Trinajstić information content (AvgIpc) is 2.75. The quantitative estimate of drug-likeness (QED) is 0.852. The maximum Gasteiger partial charge on any atom is 0.231 e. The third-order valence-electron chi connectivity index (χ3n) is 3.00. The Morgan fingerprint density at radius 1 is 1.29 bits per heavy atom. The Kier molecular flexibility index (Phi) is 2.30. The first-order valence-corrected chi connectivity index (χ1v) is 5.44. The van der Waals surface area contributed by atoms with Crippen molar-refractivity contribution < 1.29 is 14.2 Å². The van der Waals surface area contributed by atoms with Crippen LogP contribution in [0.15, 0.2) is 18.2 Å². The van der Waals surface area contributed by atoms with Gasteiger partial charge in [0.1, 0.15) is 5.41 Å². The third-order valence-corrected chi connectivity index (χ3v) is 3.00. The van der Waals surface area contributed by atoms with Crippen molar-refractivity contribution in [3.63, 3.8) is 0 Å². The first-order chi connectivity index (χ1) is 8.31. The van der Waals surface area contributed by atoms with Gasteiger partial charge < -0.3 is 19.5 Å². The fraction of sp³-hybridized carbons (Fsp3) is 0.417. The van der Waals surface area contributed by atoms with Gasteiger partial charge in [0.25, 0.3) is 0 Å². The third kappa shape index (κ3) is 1.77. The van der Waals surface area contributed by atoms with E-state index in [1.165, 1.54) is 0 Å². The fourth-order valence-corrected chi connectivity index (χ4v) is 1.83. The molecule has 0 radical (unpaired) electrons. The second-order valence-corrected chi connectivity index (χ2v) is 4.31. The Hall–Kier alpha value is -1.93. The number of rotatable bonds is 3. The molecule has 1 aromatic rings. The van der Waals surface area contributed by atoms with Crippen LogP contribution in [0.4, 0.5) is 5.69 Å². The maximum atomic E-state index is 9.05. The minimum Gasteiger partial charge on any atom is -0.454 e. The highest BCUT2D eigenvalue weighted by Crippen LogP contribution is 2.35. The molecule has 2 aliphatic rings. The molecule has 0 saturated carbocycles. The lowest BCUT2D eigenvalue weighted by Gasteiger charge is -2.35. The molecule has 0 amide bonds. The summed E-state index contributed by atoms with van der Waals surface area (Å²) in [5, 5.41) is 12.3. The van der Waals surface area contributed by atoms with Gasteiger partial charge in [-0.05, 0) is 12.1 Å². The van der Waals surface area contributed by atoms with Crippen LogP contribution in [0.1, 0.15) is 0 Å². The number of ether oxygens (including phenoxy) is 3. The monoisotopic (exact) mass is 232 g/mol. The number of nitriles is 1. The molecule has 1 N–H and O–H groups in total. The van der Waals surface area contributed by atoms with Crippen LogP contribution in [0, 0.1) is 16.7 Å². The molecule has 88 valence electrons. The maximum absolute atomic E-state index is 9.05. The van der Waals surface area contributed by atoms with Gasteiger partial charge in [-0.15, -0.1) is 0 Å². The molecular weight excluding hydrogens is 220 g/mol. The van der Waals surface area contributed by atoms with E-state index >= 15 is 0 Å². The van der Waals surface area contributed by atoms with Gasteiger partial charge in [0, 0.05) is 18.3 Å². The van der Waals surface area contributed by atoms with Crippen molar-refractivity contribution in [3.05, 3.63) is 18.2 Å². The molecule has 1 fully saturated rings. The van der Waals surface area contributed by atoms with Crippen LogP contribution in [0.25, 0.3) is 0 Å². The summed E-state index contributed by atoms with van der Waals surface area (Å²) in [6.07, 6.45) is 0. The second-order valence-electron chi connectivity index (χ2n) is 4.31.